The number of aryl methyl sites for hydroxylation is 2. The number of primary amides is 1. The molecule has 0 bridgehead atoms. The smallest absolute Gasteiger partial charge is 0.318 e. The molecule has 5 heteroatoms. The van der Waals surface area contributed by atoms with Crippen molar-refractivity contribution in [2.75, 3.05) is 19.6 Å². The second kappa shape index (κ2) is 8.67. The van der Waals surface area contributed by atoms with Crippen LogP contribution in [0, 0.1) is 12.8 Å². The first-order valence-electron chi connectivity index (χ1n) is 8.40. The van der Waals surface area contributed by atoms with Crippen molar-refractivity contribution in [1.29, 1.82) is 0 Å². The van der Waals surface area contributed by atoms with Gasteiger partial charge in [0.1, 0.15) is 0 Å². The molecule has 1 saturated heterocycles. The van der Waals surface area contributed by atoms with E-state index in [-0.39, 0.29) is 5.91 Å². The lowest BCUT2D eigenvalue weighted by Gasteiger charge is -2.31. The topological polar surface area (TPSA) is 75.4 Å². The molecule has 0 aliphatic carbocycles. The maximum Gasteiger partial charge on any atom is 0.318 e. The number of hydrogen-bond donors (Lipinski definition) is 2. The van der Waals surface area contributed by atoms with Gasteiger partial charge in [0, 0.05) is 13.0 Å². The molecule has 1 heterocycles. The first kappa shape index (κ1) is 17.5. The lowest BCUT2D eigenvalue weighted by molar-refractivity contribution is -0.120. The number of rotatable bonds is 6. The van der Waals surface area contributed by atoms with Gasteiger partial charge in [-0.2, -0.15) is 0 Å². The Morgan fingerprint density at radius 1 is 1.22 bits per heavy atom. The van der Waals surface area contributed by atoms with Gasteiger partial charge in [-0.25, -0.2) is 4.79 Å². The van der Waals surface area contributed by atoms with Crippen LogP contribution in [0.2, 0.25) is 0 Å². The van der Waals surface area contributed by atoms with Gasteiger partial charge in [-0.3, -0.25) is 10.1 Å². The average molecular weight is 317 g/mol. The van der Waals surface area contributed by atoms with E-state index in [0.29, 0.717) is 13.0 Å². The van der Waals surface area contributed by atoms with Crippen LogP contribution in [0.4, 0.5) is 4.79 Å². The van der Waals surface area contributed by atoms with E-state index in [1.807, 2.05) is 0 Å². The molecule has 1 aliphatic heterocycles. The average Bonchev–Trinajstić information content (AvgIpc) is 2.53. The van der Waals surface area contributed by atoms with Crippen LogP contribution in [0.5, 0.6) is 0 Å². The second-order valence-corrected chi connectivity index (χ2v) is 6.47. The molecule has 3 N–H and O–H groups in total. The molecular formula is C18H27N3O2. The Labute approximate surface area is 138 Å². The zero-order valence-corrected chi connectivity index (χ0v) is 13.9. The molecule has 0 saturated carbocycles. The summed E-state index contributed by atoms with van der Waals surface area (Å²) in [5.74, 6) is 0.478. The van der Waals surface area contributed by atoms with Crippen molar-refractivity contribution >= 4 is 11.9 Å². The van der Waals surface area contributed by atoms with E-state index < -0.39 is 6.03 Å². The van der Waals surface area contributed by atoms with Crippen LogP contribution in [0.25, 0.3) is 0 Å². The summed E-state index contributed by atoms with van der Waals surface area (Å²) in [5.41, 5.74) is 7.65. The van der Waals surface area contributed by atoms with Crippen LogP contribution in [0.1, 0.15) is 36.8 Å². The number of hydrogen-bond acceptors (Lipinski definition) is 3. The standard InChI is InChI=1S/C18H27N3O2/c1-14-2-4-15(5-3-14)6-7-16-8-11-21(12-9-16)13-10-17(22)20-18(19)23/h2-5,16H,6-13H2,1H3,(H3,19,20,22,23). The number of piperidine rings is 1. The van der Waals surface area contributed by atoms with E-state index in [1.165, 1.54) is 30.4 Å². The van der Waals surface area contributed by atoms with Crippen molar-refractivity contribution in [2.24, 2.45) is 11.7 Å². The molecule has 0 atom stereocenters. The largest absolute Gasteiger partial charge is 0.351 e. The third kappa shape index (κ3) is 6.40. The third-order valence-electron chi connectivity index (χ3n) is 4.59. The van der Waals surface area contributed by atoms with Crippen LogP contribution >= 0.6 is 0 Å². The van der Waals surface area contributed by atoms with Crippen molar-refractivity contribution in [3.8, 4) is 0 Å². The summed E-state index contributed by atoms with van der Waals surface area (Å²) in [6.45, 7) is 4.87. The Bertz CT molecular complexity index is 520. The molecule has 1 aromatic carbocycles. The van der Waals surface area contributed by atoms with Gasteiger partial charge in [-0.15, -0.1) is 0 Å². The van der Waals surface area contributed by atoms with Crippen molar-refractivity contribution < 1.29 is 9.59 Å². The minimum absolute atomic E-state index is 0.293. The van der Waals surface area contributed by atoms with Crippen LogP contribution < -0.4 is 11.1 Å². The van der Waals surface area contributed by atoms with Crippen molar-refractivity contribution in [2.45, 2.75) is 39.0 Å². The molecule has 1 fully saturated rings. The van der Waals surface area contributed by atoms with E-state index >= 15 is 0 Å². The normalized spacial score (nSPS) is 16.2. The fourth-order valence-corrected chi connectivity index (χ4v) is 3.08. The molecule has 2 rings (SSSR count). The van der Waals surface area contributed by atoms with Gasteiger partial charge in [0.25, 0.3) is 0 Å². The molecule has 3 amide bonds. The molecule has 23 heavy (non-hydrogen) atoms. The number of nitrogens with two attached hydrogens (primary N) is 1. The third-order valence-corrected chi connectivity index (χ3v) is 4.59. The van der Waals surface area contributed by atoms with E-state index in [9.17, 15) is 9.59 Å². The van der Waals surface area contributed by atoms with E-state index in [1.54, 1.807) is 0 Å². The van der Waals surface area contributed by atoms with Gasteiger partial charge in [0.2, 0.25) is 5.91 Å². The summed E-state index contributed by atoms with van der Waals surface area (Å²) in [4.78, 5) is 24.3. The Hall–Kier alpha value is -1.88. The van der Waals surface area contributed by atoms with Gasteiger partial charge in [-0.1, -0.05) is 29.8 Å². The lowest BCUT2D eigenvalue weighted by Crippen LogP contribution is -2.39. The SMILES string of the molecule is Cc1ccc(CCC2CCN(CCC(=O)NC(N)=O)CC2)cc1. The summed E-state index contributed by atoms with van der Waals surface area (Å²) in [7, 11) is 0. The Morgan fingerprint density at radius 3 is 2.48 bits per heavy atom. The molecule has 1 aliphatic rings. The molecular weight excluding hydrogens is 290 g/mol. The van der Waals surface area contributed by atoms with E-state index in [4.69, 9.17) is 5.73 Å². The summed E-state index contributed by atoms with van der Waals surface area (Å²) in [6.07, 6.45) is 5.08. The number of amides is 3. The fraction of sp³-hybridized carbons (Fsp3) is 0.556. The van der Waals surface area contributed by atoms with Crippen LogP contribution in [-0.2, 0) is 11.2 Å². The zero-order chi connectivity index (χ0) is 16.7. The van der Waals surface area contributed by atoms with Crippen molar-refractivity contribution in [1.82, 2.24) is 10.2 Å². The molecule has 0 spiro atoms. The summed E-state index contributed by atoms with van der Waals surface area (Å²) in [5, 5.41) is 2.11. The predicted molar refractivity (Wildman–Crippen MR) is 91.0 cm³/mol. The molecule has 126 valence electrons. The molecule has 0 unspecified atom stereocenters. The summed E-state index contributed by atoms with van der Waals surface area (Å²) < 4.78 is 0. The molecule has 0 radical (unpaired) electrons. The van der Waals surface area contributed by atoms with Crippen molar-refractivity contribution in [3.05, 3.63) is 35.4 Å². The monoisotopic (exact) mass is 317 g/mol. The van der Waals surface area contributed by atoms with Crippen LogP contribution in [0.15, 0.2) is 24.3 Å². The van der Waals surface area contributed by atoms with Gasteiger partial charge in [-0.05, 0) is 57.2 Å². The summed E-state index contributed by atoms with van der Waals surface area (Å²) in [6, 6.07) is 8.03. The van der Waals surface area contributed by atoms with Gasteiger partial charge in [0.05, 0.1) is 0 Å². The Morgan fingerprint density at radius 2 is 1.87 bits per heavy atom. The number of imide groups is 1. The number of benzene rings is 1. The number of carbonyl (C=O) groups is 2. The van der Waals surface area contributed by atoms with Gasteiger partial charge in [0.15, 0.2) is 0 Å². The Kier molecular flexibility index (Phi) is 6.59. The zero-order valence-electron chi connectivity index (χ0n) is 13.9. The summed E-state index contributed by atoms with van der Waals surface area (Å²) >= 11 is 0. The van der Waals surface area contributed by atoms with Crippen LogP contribution in [0.3, 0.4) is 0 Å². The number of nitrogens with one attached hydrogen (secondary N) is 1. The maximum atomic E-state index is 11.4. The highest BCUT2D eigenvalue weighted by molar-refractivity contribution is 5.93. The van der Waals surface area contributed by atoms with Crippen molar-refractivity contribution in [3.63, 3.8) is 0 Å². The highest BCUT2D eigenvalue weighted by Crippen LogP contribution is 2.22. The molecule has 0 aromatic heterocycles. The highest BCUT2D eigenvalue weighted by atomic mass is 16.2. The van der Waals surface area contributed by atoms with Crippen LogP contribution in [-0.4, -0.2) is 36.5 Å². The minimum Gasteiger partial charge on any atom is -0.351 e. The molecule has 5 nitrogen and oxygen atoms in total. The first-order valence-corrected chi connectivity index (χ1v) is 8.40. The highest BCUT2D eigenvalue weighted by Gasteiger charge is 2.19. The number of nitrogens with zero attached hydrogens (tertiary/aromatic N) is 1. The van der Waals surface area contributed by atoms with Gasteiger partial charge >= 0.3 is 6.03 Å². The number of carbonyl (C=O) groups excluding carboxylic acids is 2. The lowest BCUT2D eigenvalue weighted by atomic mass is 9.90. The number of urea groups is 1. The predicted octanol–water partition coefficient (Wildman–Crippen LogP) is 2.22. The van der Waals surface area contributed by atoms with E-state index in [2.05, 4.69) is 41.4 Å². The number of likely N-dealkylation sites (tertiary alicyclic amines) is 1. The second-order valence-electron chi connectivity index (χ2n) is 6.47. The minimum atomic E-state index is -0.773. The van der Waals surface area contributed by atoms with Gasteiger partial charge < -0.3 is 10.6 Å². The fourth-order valence-electron chi connectivity index (χ4n) is 3.08. The van der Waals surface area contributed by atoms with E-state index in [0.717, 1.165) is 25.4 Å². The maximum absolute atomic E-state index is 11.4. The first-order chi connectivity index (χ1) is 11.0. The Balaban J connectivity index is 1.63. The molecule has 1 aromatic rings. The quantitative estimate of drug-likeness (QED) is 0.845.